The van der Waals surface area contributed by atoms with E-state index in [1.807, 2.05) is 24.3 Å². The number of hydrogen-bond acceptors (Lipinski definition) is 2. The third kappa shape index (κ3) is 5.87. The summed E-state index contributed by atoms with van der Waals surface area (Å²) in [6, 6.07) is 7.89. The summed E-state index contributed by atoms with van der Waals surface area (Å²) in [5.74, 6) is -1.48. The Balaban J connectivity index is 2.62. The molecular weight excluding hydrogens is 256 g/mol. The van der Waals surface area contributed by atoms with Crippen LogP contribution in [0.2, 0.25) is 0 Å². The molecule has 1 unspecified atom stereocenters. The van der Waals surface area contributed by atoms with Gasteiger partial charge in [-0.25, -0.2) is 0 Å². The van der Waals surface area contributed by atoms with Crippen LogP contribution in [0.5, 0.6) is 0 Å². The Morgan fingerprint density at radius 3 is 2.25 bits per heavy atom. The molecular formula is C16H22O4. The SMILES string of the molecule is CCCC(CC(=O)O)c1ccc(CCCC(=O)O)cc1. The predicted octanol–water partition coefficient (Wildman–Crippen LogP) is 3.45. The van der Waals surface area contributed by atoms with Crippen LogP contribution in [-0.4, -0.2) is 22.2 Å². The van der Waals surface area contributed by atoms with Gasteiger partial charge in [0.2, 0.25) is 0 Å². The zero-order chi connectivity index (χ0) is 15.0. The van der Waals surface area contributed by atoms with Crippen LogP contribution in [0.1, 0.15) is 56.1 Å². The first-order chi connectivity index (χ1) is 9.52. The van der Waals surface area contributed by atoms with Gasteiger partial charge in [0, 0.05) is 6.42 Å². The second-order valence-corrected chi connectivity index (χ2v) is 5.07. The van der Waals surface area contributed by atoms with Gasteiger partial charge in [0.15, 0.2) is 0 Å². The Labute approximate surface area is 119 Å². The highest BCUT2D eigenvalue weighted by molar-refractivity contribution is 5.68. The van der Waals surface area contributed by atoms with Gasteiger partial charge < -0.3 is 10.2 Å². The van der Waals surface area contributed by atoms with E-state index in [9.17, 15) is 9.59 Å². The number of aryl methyl sites for hydroxylation is 1. The van der Waals surface area contributed by atoms with Crippen LogP contribution in [-0.2, 0) is 16.0 Å². The van der Waals surface area contributed by atoms with Crippen LogP contribution < -0.4 is 0 Å². The molecule has 4 nitrogen and oxygen atoms in total. The molecule has 1 rings (SSSR count). The van der Waals surface area contributed by atoms with Crippen molar-refractivity contribution in [1.82, 2.24) is 0 Å². The Kier molecular flexibility index (Phi) is 6.77. The molecule has 0 saturated carbocycles. The number of carboxylic acids is 2. The molecule has 0 heterocycles. The van der Waals surface area contributed by atoms with Gasteiger partial charge in [-0.15, -0.1) is 0 Å². The molecule has 0 fully saturated rings. The quantitative estimate of drug-likeness (QED) is 0.725. The van der Waals surface area contributed by atoms with Crippen molar-refractivity contribution in [1.29, 1.82) is 0 Å². The van der Waals surface area contributed by atoms with Crippen molar-refractivity contribution in [3.63, 3.8) is 0 Å². The molecule has 110 valence electrons. The van der Waals surface area contributed by atoms with Gasteiger partial charge in [-0.2, -0.15) is 0 Å². The molecule has 0 aliphatic carbocycles. The van der Waals surface area contributed by atoms with Crippen molar-refractivity contribution in [2.75, 3.05) is 0 Å². The van der Waals surface area contributed by atoms with Gasteiger partial charge in [-0.1, -0.05) is 37.6 Å². The molecule has 0 saturated heterocycles. The van der Waals surface area contributed by atoms with Gasteiger partial charge in [0.25, 0.3) is 0 Å². The summed E-state index contributed by atoms with van der Waals surface area (Å²) in [4.78, 5) is 21.3. The van der Waals surface area contributed by atoms with E-state index < -0.39 is 11.9 Å². The maximum absolute atomic E-state index is 10.9. The van der Waals surface area contributed by atoms with Gasteiger partial charge in [-0.05, 0) is 36.3 Å². The lowest BCUT2D eigenvalue weighted by Gasteiger charge is -2.14. The highest BCUT2D eigenvalue weighted by atomic mass is 16.4. The summed E-state index contributed by atoms with van der Waals surface area (Å²) in [6.45, 7) is 2.05. The fourth-order valence-corrected chi connectivity index (χ4v) is 2.35. The van der Waals surface area contributed by atoms with Crippen LogP contribution in [0.15, 0.2) is 24.3 Å². The average molecular weight is 278 g/mol. The molecule has 1 aromatic rings. The number of carbonyl (C=O) groups is 2. The first kappa shape index (κ1) is 16.2. The topological polar surface area (TPSA) is 74.6 Å². The minimum atomic E-state index is -0.772. The second kappa shape index (κ2) is 8.35. The van der Waals surface area contributed by atoms with E-state index in [0.717, 1.165) is 30.4 Å². The van der Waals surface area contributed by atoms with Crippen molar-refractivity contribution in [3.05, 3.63) is 35.4 Å². The molecule has 0 aliphatic rings. The molecule has 0 aromatic heterocycles. The van der Waals surface area contributed by atoms with Crippen LogP contribution in [0.4, 0.5) is 0 Å². The maximum Gasteiger partial charge on any atom is 0.303 e. The van der Waals surface area contributed by atoms with E-state index in [0.29, 0.717) is 6.42 Å². The van der Waals surface area contributed by atoms with E-state index in [4.69, 9.17) is 10.2 Å². The number of hydrogen-bond donors (Lipinski definition) is 2. The fourth-order valence-electron chi connectivity index (χ4n) is 2.35. The van der Waals surface area contributed by atoms with Gasteiger partial charge in [-0.3, -0.25) is 9.59 Å². The Bertz CT molecular complexity index is 436. The first-order valence-corrected chi connectivity index (χ1v) is 7.05. The lowest BCUT2D eigenvalue weighted by atomic mass is 9.90. The Hall–Kier alpha value is -1.84. The number of aliphatic carboxylic acids is 2. The summed E-state index contributed by atoms with van der Waals surface area (Å²) in [5, 5.41) is 17.5. The average Bonchev–Trinajstić information content (AvgIpc) is 2.38. The van der Waals surface area contributed by atoms with E-state index >= 15 is 0 Å². The monoisotopic (exact) mass is 278 g/mol. The standard InChI is InChI=1S/C16H22O4/c1-2-4-14(11-16(19)20)13-9-7-12(8-10-13)5-3-6-15(17)18/h7-10,14H,2-6,11H2,1H3,(H,17,18)(H,19,20). The second-order valence-electron chi connectivity index (χ2n) is 5.07. The predicted molar refractivity (Wildman–Crippen MR) is 76.9 cm³/mol. The van der Waals surface area contributed by atoms with Crippen LogP contribution in [0.25, 0.3) is 0 Å². The molecule has 2 N–H and O–H groups in total. The van der Waals surface area contributed by atoms with E-state index in [2.05, 4.69) is 6.92 Å². The van der Waals surface area contributed by atoms with E-state index in [1.165, 1.54) is 0 Å². The van der Waals surface area contributed by atoms with Crippen molar-refractivity contribution in [3.8, 4) is 0 Å². The van der Waals surface area contributed by atoms with Crippen LogP contribution >= 0.6 is 0 Å². The fraction of sp³-hybridized carbons (Fsp3) is 0.500. The zero-order valence-corrected chi connectivity index (χ0v) is 11.8. The number of rotatable bonds is 9. The molecule has 1 atom stereocenters. The molecule has 1 aromatic carbocycles. The molecule has 0 amide bonds. The van der Waals surface area contributed by atoms with E-state index in [-0.39, 0.29) is 18.8 Å². The number of benzene rings is 1. The van der Waals surface area contributed by atoms with Crippen LogP contribution in [0, 0.1) is 0 Å². The minimum Gasteiger partial charge on any atom is -0.481 e. The smallest absolute Gasteiger partial charge is 0.303 e. The van der Waals surface area contributed by atoms with Crippen molar-refractivity contribution < 1.29 is 19.8 Å². The summed E-state index contributed by atoms with van der Waals surface area (Å²) >= 11 is 0. The third-order valence-corrected chi connectivity index (χ3v) is 3.37. The zero-order valence-electron chi connectivity index (χ0n) is 11.8. The summed E-state index contributed by atoms with van der Waals surface area (Å²) < 4.78 is 0. The van der Waals surface area contributed by atoms with Gasteiger partial charge in [0.05, 0.1) is 6.42 Å². The largest absolute Gasteiger partial charge is 0.481 e. The van der Waals surface area contributed by atoms with Crippen molar-refractivity contribution in [2.24, 2.45) is 0 Å². The van der Waals surface area contributed by atoms with E-state index in [1.54, 1.807) is 0 Å². The molecule has 0 aliphatic heterocycles. The van der Waals surface area contributed by atoms with Gasteiger partial charge in [0.1, 0.15) is 0 Å². The molecule has 0 radical (unpaired) electrons. The summed E-state index contributed by atoms with van der Waals surface area (Å²) in [6.07, 6.45) is 3.53. The summed E-state index contributed by atoms with van der Waals surface area (Å²) in [5.41, 5.74) is 2.15. The highest BCUT2D eigenvalue weighted by Gasteiger charge is 2.14. The summed E-state index contributed by atoms with van der Waals surface area (Å²) in [7, 11) is 0. The van der Waals surface area contributed by atoms with Crippen molar-refractivity contribution in [2.45, 2.75) is 51.4 Å². The normalized spacial score (nSPS) is 12.1. The third-order valence-electron chi connectivity index (χ3n) is 3.37. The number of carboxylic acid groups (broad SMARTS) is 2. The highest BCUT2D eigenvalue weighted by Crippen LogP contribution is 2.25. The Morgan fingerprint density at radius 1 is 1.10 bits per heavy atom. The van der Waals surface area contributed by atoms with Crippen LogP contribution in [0.3, 0.4) is 0 Å². The molecule has 20 heavy (non-hydrogen) atoms. The maximum atomic E-state index is 10.9. The molecule has 0 bridgehead atoms. The Morgan fingerprint density at radius 2 is 1.75 bits per heavy atom. The lowest BCUT2D eigenvalue weighted by Crippen LogP contribution is -2.06. The van der Waals surface area contributed by atoms with Crippen molar-refractivity contribution >= 4 is 11.9 Å². The minimum absolute atomic E-state index is 0.0607. The lowest BCUT2D eigenvalue weighted by molar-refractivity contribution is -0.138. The molecule has 0 spiro atoms. The van der Waals surface area contributed by atoms with Gasteiger partial charge >= 0.3 is 11.9 Å². The molecule has 4 heteroatoms. The first-order valence-electron chi connectivity index (χ1n) is 7.05.